The molecule has 2 aromatic rings. The zero-order valence-electron chi connectivity index (χ0n) is 13.9. The summed E-state index contributed by atoms with van der Waals surface area (Å²) in [7, 11) is 0. The van der Waals surface area contributed by atoms with Gasteiger partial charge in [-0.1, -0.05) is 16.8 Å². The van der Waals surface area contributed by atoms with E-state index in [1.165, 1.54) is 6.26 Å². The molecule has 0 unspecified atom stereocenters. The summed E-state index contributed by atoms with van der Waals surface area (Å²) >= 11 is 5.91. The van der Waals surface area contributed by atoms with Crippen LogP contribution in [-0.4, -0.2) is 33.9 Å². The van der Waals surface area contributed by atoms with Gasteiger partial charge >= 0.3 is 11.9 Å². The number of halogens is 1. The average Bonchev–Trinajstić information content (AvgIpc) is 3.15. The number of benzene rings is 1. The van der Waals surface area contributed by atoms with E-state index in [-0.39, 0.29) is 6.10 Å². The van der Waals surface area contributed by atoms with E-state index in [9.17, 15) is 9.59 Å². The third-order valence-electron chi connectivity index (χ3n) is 2.92. The highest BCUT2D eigenvalue weighted by atomic mass is 35.5. The summed E-state index contributed by atoms with van der Waals surface area (Å²) < 4.78 is 10.6. The van der Waals surface area contributed by atoms with E-state index in [2.05, 4.69) is 11.2 Å². The molecule has 0 saturated heterocycles. The van der Waals surface area contributed by atoms with Crippen LogP contribution < -0.4 is 10.5 Å². The molecule has 142 valence electrons. The first-order valence-corrected chi connectivity index (χ1v) is 7.85. The topological polar surface area (TPSA) is 160 Å². The van der Waals surface area contributed by atoms with E-state index in [1.807, 2.05) is 0 Å². The Bertz CT molecular complexity index is 814. The fourth-order valence-corrected chi connectivity index (χ4v) is 1.95. The highest BCUT2D eigenvalue weighted by Gasteiger charge is 2.17. The molecule has 10 heteroatoms. The Balaban J connectivity index is 0.000000387. The number of carboxylic acid groups (broad SMARTS) is 2. The number of hydrogen-bond donors (Lipinski definition) is 3. The largest absolute Gasteiger partial charge is 0.482 e. The van der Waals surface area contributed by atoms with Gasteiger partial charge in [-0.2, -0.15) is 5.26 Å². The van der Waals surface area contributed by atoms with Crippen LogP contribution in [0.15, 0.2) is 47.2 Å². The summed E-state index contributed by atoms with van der Waals surface area (Å²) in [5.74, 6) is -2.10. The molecule has 2 rings (SSSR count). The number of ether oxygens (including phenoxy) is 1. The van der Waals surface area contributed by atoms with Crippen LogP contribution in [-0.2, 0) is 9.59 Å². The highest BCUT2D eigenvalue weighted by molar-refractivity contribution is 6.30. The molecule has 1 heterocycles. The molecule has 0 saturated carbocycles. The predicted octanol–water partition coefficient (Wildman–Crippen LogP) is 2.38. The Morgan fingerprint density at radius 3 is 2.48 bits per heavy atom. The number of nitrogens with zero attached hydrogens (tertiary/aromatic N) is 2. The summed E-state index contributed by atoms with van der Waals surface area (Å²) in [6.45, 7) is 0.431. The number of nitrogens with two attached hydrogens (primary N) is 1. The van der Waals surface area contributed by atoms with Crippen LogP contribution in [0, 0.1) is 11.3 Å². The van der Waals surface area contributed by atoms with Gasteiger partial charge in [0.25, 0.3) is 0 Å². The van der Waals surface area contributed by atoms with E-state index in [1.54, 1.807) is 24.3 Å². The Hall–Kier alpha value is -3.35. The molecule has 0 radical (unpaired) electrons. The van der Waals surface area contributed by atoms with E-state index < -0.39 is 11.9 Å². The summed E-state index contributed by atoms with van der Waals surface area (Å²) in [6.07, 6.45) is 2.77. The molecule has 1 aromatic heterocycles. The molecule has 0 fully saturated rings. The molecule has 0 spiro atoms. The quantitative estimate of drug-likeness (QED) is 0.599. The van der Waals surface area contributed by atoms with Crippen molar-refractivity contribution < 1.29 is 29.1 Å². The summed E-state index contributed by atoms with van der Waals surface area (Å²) in [5, 5.41) is 29.0. The van der Waals surface area contributed by atoms with Crippen LogP contribution in [0.2, 0.25) is 5.02 Å². The minimum atomic E-state index is -1.26. The molecule has 0 aliphatic heterocycles. The maximum atomic E-state index is 9.55. The van der Waals surface area contributed by atoms with Crippen LogP contribution in [0.3, 0.4) is 0 Å². The molecule has 27 heavy (non-hydrogen) atoms. The predicted molar refractivity (Wildman–Crippen MR) is 94.1 cm³/mol. The molecule has 1 aromatic carbocycles. The maximum Gasteiger partial charge on any atom is 0.328 e. The van der Waals surface area contributed by atoms with Crippen molar-refractivity contribution in [3.05, 3.63) is 59.0 Å². The van der Waals surface area contributed by atoms with Gasteiger partial charge in [0.1, 0.15) is 29.9 Å². The number of rotatable bonds is 7. The molecule has 0 amide bonds. The zero-order chi connectivity index (χ0) is 20.2. The van der Waals surface area contributed by atoms with Gasteiger partial charge in [0.05, 0.1) is 5.56 Å². The molecule has 4 N–H and O–H groups in total. The minimum Gasteiger partial charge on any atom is -0.482 e. The Morgan fingerprint density at radius 2 is 2.00 bits per heavy atom. The minimum absolute atomic E-state index is 0.366. The summed E-state index contributed by atoms with van der Waals surface area (Å²) in [5.41, 5.74) is 6.61. The van der Waals surface area contributed by atoms with E-state index in [0.717, 1.165) is 0 Å². The smallest absolute Gasteiger partial charge is 0.328 e. The van der Waals surface area contributed by atoms with Crippen molar-refractivity contribution in [2.75, 3.05) is 6.54 Å². The first-order valence-electron chi connectivity index (χ1n) is 7.48. The summed E-state index contributed by atoms with van der Waals surface area (Å²) in [4.78, 5) is 19.1. The first kappa shape index (κ1) is 21.7. The van der Waals surface area contributed by atoms with Gasteiger partial charge in [-0.3, -0.25) is 0 Å². The number of nitriles is 1. The van der Waals surface area contributed by atoms with Gasteiger partial charge in [0, 0.05) is 35.7 Å². The fourth-order valence-electron chi connectivity index (χ4n) is 1.79. The molecule has 1 atom stereocenters. The lowest BCUT2D eigenvalue weighted by molar-refractivity contribution is -0.134. The van der Waals surface area contributed by atoms with Crippen molar-refractivity contribution in [1.82, 2.24) is 5.16 Å². The molecular formula is C17H16ClN3O6. The highest BCUT2D eigenvalue weighted by Crippen LogP contribution is 2.28. The van der Waals surface area contributed by atoms with Gasteiger partial charge < -0.3 is 25.2 Å². The monoisotopic (exact) mass is 393 g/mol. The number of hydrogen-bond acceptors (Lipinski definition) is 7. The van der Waals surface area contributed by atoms with Crippen molar-refractivity contribution >= 4 is 23.5 Å². The van der Waals surface area contributed by atoms with Crippen LogP contribution >= 0.6 is 11.6 Å². The third-order valence-corrected chi connectivity index (χ3v) is 3.15. The SMILES string of the molecule is N#Cc1ccc(Cl)cc1O[C@H](CCN)c1ccon1.O=C(O)C=CC(=O)O. The zero-order valence-corrected chi connectivity index (χ0v) is 14.7. The molecule has 9 nitrogen and oxygen atoms in total. The summed E-state index contributed by atoms with van der Waals surface area (Å²) in [6, 6.07) is 8.61. The van der Waals surface area contributed by atoms with Crippen LogP contribution in [0.5, 0.6) is 5.75 Å². The van der Waals surface area contributed by atoms with Crippen molar-refractivity contribution in [3.63, 3.8) is 0 Å². The Kier molecular flexibility index (Phi) is 9.08. The van der Waals surface area contributed by atoms with Crippen LogP contribution in [0.25, 0.3) is 0 Å². The Morgan fingerprint density at radius 1 is 1.33 bits per heavy atom. The van der Waals surface area contributed by atoms with E-state index in [0.29, 0.717) is 47.1 Å². The van der Waals surface area contributed by atoms with E-state index >= 15 is 0 Å². The van der Waals surface area contributed by atoms with Crippen LogP contribution in [0.1, 0.15) is 23.8 Å². The van der Waals surface area contributed by atoms with E-state index in [4.69, 9.17) is 42.1 Å². The Labute approximate surface area is 159 Å². The molecule has 0 aliphatic carbocycles. The maximum absolute atomic E-state index is 9.55. The van der Waals surface area contributed by atoms with Gasteiger partial charge in [-0.25, -0.2) is 9.59 Å². The van der Waals surface area contributed by atoms with Gasteiger partial charge in [0.2, 0.25) is 0 Å². The number of aliphatic carboxylic acids is 2. The van der Waals surface area contributed by atoms with Crippen molar-refractivity contribution in [2.24, 2.45) is 5.73 Å². The van der Waals surface area contributed by atoms with Crippen molar-refractivity contribution in [2.45, 2.75) is 12.5 Å². The first-order chi connectivity index (χ1) is 12.9. The van der Waals surface area contributed by atoms with Crippen molar-refractivity contribution in [1.29, 1.82) is 5.26 Å². The lowest BCUT2D eigenvalue weighted by Gasteiger charge is -2.17. The molecule has 0 bridgehead atoms. The second-order valence-electron chi connectivity index (χ2n) is 4.87. The molecular weight excluding hydrogens is 378 g/mol. The normalized spacial score (nSPS) is 11.1. The van der Waals surface area contributed by atoms with Gasteiger partial charge in [-0.15, -0.1) is 0 Å². The second-order valence-corrected chi connectivity index (χ2v) is 5.31. The van der Waals surface area contributed by atoms with Crippen LogP contribution in [0.4, 0.5) is 0 Å². The fraction of sp³-hybridized carbons (Fsp3) is 0.176. The molecule has 0 aliphatic rings. The number of carboxylic acids is 2. The van der Waals surface area contributed by atoms with Crippen molar-refractivity contribution in [3.8, 4) is 11.8 Å². The lowest BCUT2D eigenvalue weighted by atomic mass is 10.1. The lowest BCUT2D eigenvalue weighted by Crippen LogP contribution is -2.14. The number of aromatic nitrogens is 1. The standard InChI is InChI=1S/C13H12ClN3O2.C4H4O4/c14-10-2-1-9(8-16)13(7-10)19-12(3-5-15)11-4-6-18-17-11;5-3(6)1-2-4(7)8/h1-2,4,6-7,12H,3,5,15H2;1-2H,(H,5,6)(H,7,8)/t12-;/m1./s1. The van der Waals surface area contributed by atoms with Gasteiger partial charge in [-0.05, 0) is 18.7 Å². The second kappa shape index (κ2) is 11.3. The average molecular weight is 394 g/mol. The van der Waals surface area contributed by atoms with Gasteiger partial charge in [0.15, 0.2) is 0 Å². The third kappa shape index (κ3) is 8.04. The number of carbonyl (C=O) groups is 2.